The Balaban J connectivity index is 1.59. The van der Waals surface area contributed by atoms with Gasteiger partial charge in [0, 0.05) is 62.3 Å². The number of carbonyl (C=O) groups is 1. The van der Waals surface area contributed by atoms with Gasteiger partial charge in [-0.1, -0.05) is 18.2 Å². The zero-order valence-electron chi connectivity index (χ0n) is 17.7. The molecule has 164 valence electrons. The molecule has 1 aliphatic heterocycles. The minimum absolute atomic E-state index is 0.101. The molecule has 1 aliphatic rings. The summed E-state index contributed by atoms with van der Waals surface area (Å²) in [4.78, 5) is 30.9. The molecule has 0 saturated carbocycles. The zero-order valence-corrected chi connectivity index (χ0v) is 18.5. The Labute approximate surface area is 192 Å². The summed E-state index contributed by atoms with van der Waals surface area (Å²) < 4.78 is 9.32. The molecule has 7 nitrogen and oxygen atoms in total. The first-order valence-corrected chi connectivity index (χ1v) is 11.6. The second kappa shape index (κ2) is 7.99. The number of aromatic nitrogens is 2. The van der Waals surface area contributed by atoms with Crippen LogP contribution in [0.2, 0.25) is 0 Å². The summed E-state index contributed by atoms with van der Waals surface area (Å²) in [6.45, 7) is 2.69. The van der Waals surface area contributed by atoms with Crippen molar-refractivity contribution in [2.24, 2.45) is 0 Å². The molecule has 4 heterocycles. The van der Waals surface area contributed by atoms with E-state index in [-0.39, 0.29) is 5.56 Å². The molecule has 33 heavy (non-hydrogen) atoms. The van der Waals surface area contributed by atoms with Gasteiger partial charge in [-0.2, -0.15) is 0 Å². The van der Waals surface area contributed by atoms with Gasteiger partial charge >= 0.3 is 0 Å². The van der Waals surface area contributed by atoms with Crippen molar-refractivity contribution in [2.45, 2.75) is 0 Å². The number of pyridine rings is 1. The van der Waals surface area contributed by atoms with Gasteiger partial charge in [-0.25, -0.2) is 4.98 Å². The predicted molar refractivity (Wildman–Crippen MR) is 133 cm³/mol. The minimum atomic E-state index is -0.101. The lowest BCUT2D eigenvalue weighted by atomic mass is 10.0. The van der Waals surface area contributed by atoms with Gasteiger partial charge in [0.25, 0.3) is 5.56 Å². The molecule has 0 unspecified atom stereocenters. The Bertz CT molecular complexity index is 1580. The maximum Gasteiger partial charge on any atom is 0.259 e. The summed E-state index contributed by atoms with van der Waals surface area (Å²) in [6, 6.07) is 17.6. The average molecular weight is 457 g/mol. The molecule has 0 spiro atoms. The number of nitrogens with one attached hydrogen (secondary N) is 1. The summed E-state index contributed by atoms with van der Waals surface area (Å²) in [5, 5.41) is 4.92. The van der Waals surface area contributed by atoms with Crippen LogP contribution in [0.4, 0.5) is 11.5 Å². The normalized spacial score (nSPS) is 14.2. The average Bonchev–Trinajstić information content (AvgIpc) is 3.23. The third-order valence-electron chi connectivity index (χ3n) is 6.03. The molecule has 0 radical (unpaired) electrons. The van der Waals surface area contributed by atoms with E-state index < -0.39 is 0 Å². The second-order valence-electron chi connectivity index (χ2n) is 7.92. The first-order valence-electron chi connectivity index (χ1n) is 10.7. The largest absolute Gasteiger partial charge is 0.378 e. The second-order valence-corrected chi connectivity index (χ2v) is 8.98. The molecule has 1 fully saturated rings. The highest BCUT2D eigenvalue weighted by Gasteiger charge is 2.18. The van der Waals surface area contributed by atoms with Crippen molar-refractivity contribution in [2.75, 3.05) is 36.5 Å². The van der Waals surface area contributed by atoms with Gasteiger partial charge in [0.1, 0.15) is 11.5 Å². The lowest BCUT2D eigenvalue weighted by Crippen LogP contribution is -2.37. The Morgan fingerprint density at radius 3 is 2.70 bits per heavy atom. The molecule has 0 bridgehead atoms. The zero-order chi connectivity index (χ0) is 22.4. The van der Waals surface area contributed by atoms with Crippen LogP contribution in [-0.4, -0.2) is 42.1 Å². The van der Waals surface area contributed by atoms with Crippen molar-refractivity contribution < 1.29 is 9.53 Å². The van der Waals surface area contributed by atoms with Crippen molar-refractivity contribution in [1.29, 1.82) is 0 Å². The maximum atomic E-state index is 13.0. The number of morpholine rings is 1. The number of amides is 1. The summed E-state index contributed by atoms with van der Waals surface area (Å²) in [6.07, 6.45) is 2.45. The van der Waals surface area contributed by atoms with Gasteiger partial charge in [0.15, 0.2) is 0 Å². The fourth-order valence-corrected chi connectivity index (χ4v) is 5.66. The number of anilines is 2. The molecular weight excluding hydrogens is 436 g/mol. The van der Waals surface area contributed by atoms with E-state index in [2.05, 4.69) is 22.3 Å². The molecule has 0 atom stereocenters. The molecule has 1 saturated heterocycles. The van der Waals surface area contributed by atoms with Crippen molar-refractivity contribution in [3.8, 4) is 11.1 Å². The molecule has 1 N–H and O–H groups in total. The van der Waals surface area contributed by atoms with E-state index in [0.29, 0.717) is 44.2 Å². The van der Waals surface area contributed by atoms with Gasteiger partial charge in [0.2, 0.25) is 6.41 Å². The van der Waals surface area contributed by atoms with Gasteiger partial charge in [-0.05, 0) is 30.3 Å². The third-order valence-corrected chi connectivity index (χ3v) is 7.25. The first-order chi connectivity index (χ1) is 16.2. The van der Waals surface area contributed by atoms with Crippen LogP contribution in [0.25, 0.3) is 36.9 Å². The lowest BCUT2D eigenvalue weighted by Gasteiger charge is -2.27. The standard InChI is InChI=1S/C25H20N4O3S/c30-15-26-16-6-7-21-20(13-16)18-4-1-3-17(24(18)33-21)19-5-2-8-29-23(31)14-22(27-25(19)29)28-9-11-32-12-10-28/h1-8,13-15H,9-12H2,(H,26,30). The number of ether oxygens (including phenoxy) is 1. The fourth-order valence-electron chi connectivity index (χ4n) is 4.45. The van der Waals surface area contributed by atoms with Crippen molar-refractivity contribution in [3.63, 3.8) is 0 Å². The van der Waals surface area contributed by atoms with Crippen molar-refractivity contribution >= 4 is 55.1 Å². The number of rotatable bonds is 4. The van der Waals surface area contributed by atoms with E-state index in [1.165, 1.54) is 0 Å². The number of carbonyl (C=O) groups excluding carboxylic acids is 1. The highest BCUT2D eigenvalue weighted by molar-refractivity contribution is 7.26. The highest BCUT2D eigenvalue weighted by atomic mass is 32.1. The van der Waals surface area contributed by atoms with Crippen LogP contribution in [0.3, 0.4) is 0 Å². The number of hydrogen-bond donors (Lipinski definition) is 1. The number of fused-ring (bicyclic) bond motifs is 4. The van der Waals surface area contributed by atoms with Gasteiger partial charge < -0.3 is 15.0 Å². The minimum Gasteiger partial charge on any atom is -0.378 e. The molecule has 3 aromatic heterocycles. The molecule has 1 amide bonds. The number of thiophene rings is 1. The van der Waals surface area contributed by atoms with Crippen LogP contribution in [0.15, 0.2) is 65.6 Å². The van der Waals surface area contributed by atoms with Crippen LogP contribution in [0.1, 0.15) is 0 Å². The van der Waals surface area contributed by atoms with Crippen LogP contribution in [0.5, 0.6) is 0 Å². The number of nitrogens with zero attached hydrogens (tertiary/aromatic N) is 3. The molecule has 0 aliphatic carbocycles. The van der Waals surface area contributed by atoms with E-state index in [0.717, 1.165) is 37.0 Å². The third kappa shape index (κ3) is 3.35. The fraction of sp³-hybridized carbons (Fsp3) is 0.160. The van der Waals surface area contributed by atoms with Gasteiger partial charge in [-0.15, -0.1) is 11.3 Å². The van der Waals surface area contributed by atoms with Crippen LogP contribution in [0, 0.1) is 0 Å². The summed E-state index contributed by atoms with van der Waals surface area (Å²) >= 11 is 1.70. The first kappa shape index (κ1) is 19.9. The van der Waals surface area contributed by atoms with Crippen molar-refractivity contribution in [3.05, 3.63) is 71.1 Å². The van der Waals surface area contributed by atoms with E-state index >= 15 is 0 Å². The molecule has 8 heteroatoms. The molecule has 5 aromatic rings. The van der Waals surface area contributed by atoms with E-state index in [9.17, 15) is 9.59 Å². The smallest absolute Gasteiger partial charge is 0.259 e. The molecule has 6 rings (SSSR count). The monoisotopic (exact) mass is 456 g/mol. The van der Waals surface area contributed by atoms with E-state index in [4.69, 9.17) is 9.72 Å². The van der Waals surface area contributed by atoms with Gasteiger partial charge in [-0.3, -0.25) is 14.0 Å². The van der Waals surface area contributed by atoms with Crippen LogP contribution >= 0.6 is 11.3 Å². The topological polar surface area (TPSA) is 75.9 Å². The lowest BCUT2D eigenvalue weighted by molar-refractivity contribution is -0.105. The highest BCUT2D eigenvalue weighted by Crippen LogP contribution is 2.41. The predicted octanol–water partition coefficient (Wildman–Crippen LogP) is 4.13. The van der Waals surface area contributed by atoms with Crippen molar-refractivity contribution in [1.82, 2.24) is 9.38 Å². The summed E-state index contributed by atoms with van der Waals surface area (Å²) in [5.41, 5.74) is 3.24. The van der Waals surface area contributed by atoms with E-state index in [1.807, 2.05) is 36.4 Å². The SMILES string of the molecule is O=CNc1ccc2sc3c(-c4cccn5c(=O)cc(N6CCOCC6)nc45)cccc3c2c1. The number of hydrogen-bond acceptors (Lipinski definition) is 6. The van der Waals surface area contributed by atoms with Crippen LogP contribution < -0.4 is 15.8 Å². The summed E-state index contributed by atoms with van der Waals surface area (Å²) in [7, 11) is 0. The molecular formula is C25H20N4O3S. The quantitative estimate of drug-likeness (QED) is 0.412. The van der Waals surface area contributed by atoms with Crippen LogP contribution in [-0.2, 0) is 9.53 Å². The molecule has 2 aromatic carbocycles. The Kier molecular flexibility index (Phi) is 4.82. The maximum absolute atomic E-state index is 13.0. The summed E-state index contributed by atoms with van der Waals surface area (Å²) in [5.74, 6) is 0.684. The Morgan fingerprint density at radius 1 is 1.00 bits per heavy atom. The van der Waals surface area contributed by atoms with E-state index in [1.54, 1.807) is 28.0 Å². The Hall–Kier alpha value is -3.75. The Morgan fingerprint density at radius 2 is 1.85 bits per heavy atom. The van der Waals surface area contributed by atoms with Gasteiger partial charge in [0.05, 0.1) is 13.2 Å². The number of benzene rings is 2.